The van der Waals surface area contributed by atoms with Gasteiger partial charge < -0.3 is 14.6 Å². The van der Waals surface area contributed by atoms with Crippen molar-refractivity contribution in [1.29, 1.82) is 0 Å². The minimum atomic E-state index is -0.354. The fraction of sp³-hybridized carbons (Fsp3) is 0.0952. The average Bonchev–Trinajstić information content (AvgIpc) is 3.39. The Morgan fingerprint density at radius 1 is 1.10 bits per heavy atom. The molecule has 0 saturated carbocycles. The molecule has 0 unspecified atom stereocenters. The second-order valence-corrected chi connectivity index (χ2v) is 6.78. The smallest absolute Gasteiger partial charge is 0.278 e. The first-order valence-corrected chi connectivity index (χ1v) is 9.25. The van der Waals surface area contributed by atoms with E-state index < -0.39 is 0 Å². The molecule has 2 aromatic carbocycles. The number of halogens is 1. The lowest BCUT2D eigenvalue weighted by Gasteiger charge is -2.12. The van der Waals surface area contributed by atoms with Gasteiger partial charge in [-0.3, -0.25) is 4.79 Å². The maximum Gasteiger partial charge on any atom is 0.278 e. The molecule has 0 atom stereocenters. The number of hydrogen-bond donors (Lipinski definition) is 1. The second kappa shape index (κ2) is 7.81. The molecular weight excluding hydrogens is 390 g/mol. The van der Waals surface area contributed by atoms with Crippen molar-refractivity contribution >= 4 is 23.2 Å². The van der Waals surface area contributed by atoms with Crippen LogP contribution in [0.5, 0.6) is 5.75 Å². The molecule has 4 rings (SSSR count). The van der Waals surface area contributed by atoms with Crippen LogP contribution in [0.2, 0.25) is 5.02 Å². The van der Waals surface area contributed by atoms with E-state index >= 15 is 0 Å². The lowest BCUT2D eigenvalue weighted by Crippen LogP contribution is -2.15. The molecule has 0 radical (unpaired) electrons. The standard InChI is InChI=1S/C21H18ClN5O2/c1-14-20(24-25-27(14)16-6-5-7-17(13-16)29-2)21(28)23-18-9-8-15(22)12-19(18)26-10-3-4-11-26/h3-13H,1-2H3,(H,23,28). The van der Waals surface area contributed by atoms with Gasteiger partial charge in [0.05, 0.1) is 29.9 Å². The van der Waals surface area contributed by atoms with Crippen molar-refractivity contribution in [1.82, 2.24) is 19.6 Å². The maximum atomic E-state index is 12.9. The summed E-state index contributed by atoms with van der Waals surface area (Å²) in [6.45, 7) is 1.79. The highest BCUT2D eigenvalue weighted by molar-refractivity contribution is 6.31. The number of carbonyl (C=O) groups is 1. The second-order valence-electron chi connectivity index (χ2n) is 6.34. The first kappa shape index (κ1) is 18.8. The first-order chi connectivity index (χ1) is 14.1. The minimum Gasteiger partial charge on any atom is -0.497 e. The van der Waals surface area contributed by atoms with E-state index in [4.69, 9.17) is 16.3 Å². The van der Waals surface area contributed by atoms with Crippen LogP contribution in [0.1, 0.15) is 16.2 Å². The van der Waals surface area contributed by atoms with E-state index in [2.05, 4.69) is 15.6 Å². The van der Waals surface area contributed by atoms with Gasteiger partial charge in [0.1, 0.15) is 5.75 Å². The molecule has 2 heterocycles. The molecule has 0 aliphatic carbocycles. The van der Waals surface area contributed by atoms with E-state index in [9.17, 15) is 4.79 Å². The van der Waals surface area contributed by atoms with Crippen LogP contribution >= 0.6 is 11.6 Å². The number of rotatable bonds is 5. The van der Waals surface area contributed by atoms with Crippen molar-refractivity contribution < 1.29 is 9.53 Å². The topological polar surface area (TPSA) is 74.0 Å². The third kappa shape index (κ3) is 3.72. The minimum absolute atomic E-state index is 0.237. The largest absolute Gasteiger partial charge is 0.497 e. The van der Waals surface area contributed by atoms with Crippen LogP contribution in [0, 0.1) is 6.92 Å². The number of aromatic nitrogens is 4. The van der Waals surface area contributed by atoms with Crippen molar-refractivity contribution in [3.05, 3.63) is 83.4 Å². The number of benzene rings is 2. The number of ether oxygens (including phenoxy) is 1. The zero-order valence-corrected chi connectivity index (χ0v) is 16.6. The lowest BCUT2D eigenvalue weighted by molar-refractivity contribution is 0.102. The summed E-state index contributed by atoms with van der Waals surface area (Å²) in [5, 5.41) is 11.7. The number of anilines is 1. The SMILES string of the molecule is COc1cccc(-n2nnc(C(=O)Nc3ccc(Cl)cc3-n3cccc3)c2C)c1. The van der Waals surface area contributed by atoms with Crippen LogP contribution < -0.4 is 10.1 Å². The Hall–Kier alpha value is -3.58. The highest BCUT2D eigenvalue weighted by Crippen LogP contribution is 2.26. The molecule has 0 bridgehead atoms. The lowest BCUT2D eigenvalue weighted by atomic mass is 10.2. The van der Waals surface area contributed by atoms with Gasteiger partial charge in [-0.15, -0.1) is 5.10 Å². The summed E-state index contributed by atoms with van der Waals surface area (Å²) in [5.41, 5.74) is 2.99. The summed E-state index contributed by atoms with van der Waals surface area (Å²) in [7, 11) is 1.60. The summed E-state index contributed by atoms with van der Waals surface area (Å²) in [4.78, 5) is 12.9. The summed E-state index contributed by atoms with van der Waals surface area (Å²) in [6.07, 6.45) is 3.76. The van der Waals surface area contributed by atoms with Crippen molar-refractivity contribution in [2.24, 2.45) is 0 Å². The Morgan fingerprint density at radius 3 is 2.66 bits per heavy atom. The normalized spacial score (nSPS) is 10.7. The van der Waals surface area contributed by atoms with Gasteiger partial charge in [0.15, 0.2) is 5.69 Å². The van der Waals surface area contributed by atoms with Crippen LogP contribution in [0.25, 0.3) is 11.4 Å². The van der Waals surface area contributed by atoms with Gasteiger partial charge in [-0.05, 0) is 49.4 Å². The zero-order chi connectivity index (χ0) is 20.4. The Bertz CT molecular complexity index is 1170. The van der Waals surface area contributed by atoms with E-state index in [1.807, 2.05) is 53.4 Å². The van der Waals surface area contributed by atoms with Gasteiger partial charge in [-0.25, -0.2) is 4.68 Å². The number of carbonyl (C=O) groups excluding carboxylic acids is 1. The van der Waals surface area contributed by atoms with E-state index in [-0.39, 0.29) is 11.6 Å². The molecule has 8 heteroatoms. The van der Waals surface area contributed by atoms with Gasteiger partial charge in [0, 0.05) is 23.5 Å². The number of nitrogens with one attached hydrogen (secondary N) is 1. The van der Waals surface area contributed by atoms with Crippen molar-refractivity contribution in [3.63, 3.8) is 0 Å². The molecule has 2 aromatic heterocycles. The quantitative estimate of drug-likeness (QED) is 0.535. The van der Waals surface area contributed by atoms with E-state index in [0.717, 1.165) is 11.4 Å². The molecule has 7 nitrogen and oxygen atoms in total. The Kier molecular flexibility index (Phi) is 5.05. The van der Waals surface area contributed by atoms with Crippen LogP contribution in [-0.2, 0) is 0 Å². The molecule has 0 spiro atoms. The third-order valence-electron chi connectivity index (χ3n) is 4.50. The van der Waals surface area contributed by atoms with Gasteiger partial charge in [-0.1, -0.05) is 22.9 Å². The first-order valence-electron chi connectivity index (χ1n) is 8.88. The average molecular weight is 408 g/mol. The van der Waals surface area contributed by atoms with Crippen LogP contribution in [0.3, 0.4) is 0 Å². The Morgan fingerprint density at radius 2 is 1.90 bits per heavy atom. The van der Waals surface area contributed by atoms with E-state index in [1.165, 1.54) is 0 Å². The van der Waals surface area contributed by atoms with Crippen LogP contribution in [0.4, 0.5) is 5.69 Å². The molecule has 0 aliphatic rings. The fourth-order valence-corrected chi connectivity index (χ4v) is 3.19. The predicted octanol–water partition coefficient (Wildman–Crippen LogP) is 4.28. The number of hydrogen-bond acceptors (Lipinski definition) is 4. The van der Waals surface area contributed by atoms with E-state index in [0.29, 0.717) is 22.2 Å². The van der Waals surface area contributed by atoms with Crippen molar-refractivity contribution in [2.75, 3.05) is 12.4 Å². The highest BCUT2D eigenvalue weighted by Gasteiger charge is 2.19. The van der Waals surface area contributed by atoms with Crippen LogP contribution in [0.15, 0.2) is 67.0 Å². The Balaban J connectivity index is 1.65. The third-order valence-corrected chi connectivity index (χ3v) is 4.73. The molecule has 146 valence electrons. The van der Waals surface area contributed by atoms with Crippen molar-refractivity contribution in [3.8, 4) is 17.1 Å². The maximum absolute atomic E-state index is 12.9. The summed E-state index contributed by atoms with van der Waals surface area (Å²) >= 11 is 6.15. The molecular formula is C21H18ClN5O2. The fourth-order valence-electron chi connectivity index (χ4n) is 3.03. The summed E-state index contributed by atoms with van der Waals surface area (Å²) in [5.74, 6) is 0.341. The van der Waals surface area contributed by atoms with Gasteiger partial charge >= 0.3 is 0 Å². The zero-order valence-electron chi connectivity index (χ0n) is 15.8. The number of methoxy groups -OCH3 is 1. The Labute approximate surface area is 172 Å². The summed E-state index contributed by atoms with van der Waals surface area (Å²) in [6, 6.07) is 16.5. The summed E-state index contributed by atoms with van der Waals surface area (Å²) < 4.78 is 8.73. The monoisotopic (exact) mass is 407 g/mol. The molecule has 1 N–H and O–H groups in total. The highest BCUT2D eigenvalue weighted by atomic mass is 35.5. The number of amides is 1. The molecule has 0 fully saturated rings. The predicted molar refractivity (Wildman–Crippen MR) is 111 cm³/mol. The van der Waals surface area contributed by atoms with Gasteiger partial charge in [0.25, 0.3) is 5.91 Å². The molecule has 0 saturated heterocycles. The molecule has 4 aromatic rings. The van der Waals surface area contributed by atoms with E-state index in [1.54, 1.807) is 36.9 Å². The molecule has 0 aliphatic heterocycles. The van der Waals surface area contributed by atoms with Gasteiger partial charge in [0.2, 0.25) is 0 Å². The molecule has 29 heavy (non-hydrogen) atoms. The van der Waals surface area contributed by atoms with Crippen LogP contribution in [-0.4, -0.2) is 32.6 Å². The van der Waals surface area contributed by atoms with Gasteiger partial charge in [-0.2, -0.15) is 0 Å². The number of nitrogens with zero attached hydrogens (tertiary/aromatic N) is 4. The molecule has 1 amide bonds. The van der Waals surface area contributed by atoms with Crippen molar-refractivity contribution in [2.45, 2.75) is 6.92 Å².